The highest BCUT2D eigenvalue weighted by molar-refractivity contribution is 8.16. The van der Waals surface area contributed by atoms with Crippen LogP contribution in [0.25, 0.3) is 5.70 Å². The Kier molecular flexibility index (Phi) is 7.65. The molecule has 0 fully saturated rings. The second kappa shape index (κ2) is 11.4. The lowest BCUT2D eigenvalue weighted by Gasteiger charge is -2.37. The molecule has 8 nitrogen and oxygen atoms in total. The number of carbonyl (C=O) groups is 2. The molecule has 2 aliphatic heterocycles. The van der Waals surface area contributed by atoms with Crippen molar-refractivity contribution < 1.29 is 23.5 Å². The summed E-state index contributed by atoms with van der Waals surface area (Å²) in [5.74, 6) is 0.638. The lowest BCUT2D eigenvalue weighted by Crippen LogP contribution is -2.38. The van der Waals surface area contributed by atoms with Gasteiger partial charge in [-0.3, -0.25) is 4.79 Å². The van der Waals surface area contributed by atoms with Gasteiger partial charge in [0.1, 0.15) is 11.5 Å². The van der Waals surface area contributed by atoms with E-state index in [1.54, 1.807) is 32.4 Å². The van der Waals surface area contributed by atoms with Crippen molar-refractivity contribution in [1.29, 1.82) is 0 Å². The summed E-state index contributed by atoms with van der Waals surface area (Å²) in [5, 5.41) is 5.47. The summed E-state index contributed by atoms with van der Waals surface area (Å²) >= 11 is 1.42. The van der Waals surface area contributed by atoms with Gasteiger partial charge in [0.2, 0.25) is 5.91 Å². The predicted octanol–water partition coefficient (Wildman–Crippen LogP) is 5.27. The van der Waals surface area contributed by atoms with Gasteiger partial charge in [-0.25, -0.2) is 9.79 Å². The van der Waals surface area contributed by atoms with Gasteiger partial charge < -0.3 is 24.1 Å². The van der Waals surface area contributed by atoms with Crippen molar-refractivity contribution in [1.82, 2.24) is 10.2 Å². The van der Waals surface area contributed by atoms with Crippen LogP contribution in [0.3, 0.4) is 0 Å². The Hall–Kier alpha value is -4.24. The number of fused-ring (bicyclic) bond motifs is 1. The molecule has 2 aliphatic rings. The van der Waals surface area contributed by atoms with Crippen LogP contribution in [0, 0.1) is 0 Å². The van der Waals surface area contributed by atoms with Crippen LogP contribution in [0.5, 0.6) is 5.75 Å². The minimum Gasteiger partial charge on any atom is -0.496 e. The van der Waals surface area contributed by atoms with E-state index in [9.17, 15) is 9.59 Å². The summed E-state index contributed by atoms with van der Waals surface area (Å²) in [6, 6.07) is 20.1. The molecule has 0 bridgehead atoms. The standard InChI is InChI=1S/C29H27N3O5S/c1-3-36-28(34)25-26(19-10-5-4-6-11-19)31-29-32(27(25)22-13-7-8-14-23(22)35-2)20(18-38-29)16-24(33)30-17-21-12-9-15-37-21/h4-15,18,27H,3,16-17H2,1-2H3,(H,30,33). The Bertz CT molecular complexity index is 1410. The summed E-state index contributed by atoms with van der Waals surface area (Å²) in [7, 11) is 1.60. The Morgan fingerprint density at radius 1 is 1.08 bits per heavy atom. The molecule has 1 amide bonds. The fourth-order valence-electron chi connectivity index (χ4n) is 4.50. The van der Waals surface area contributed by atoms with Crippen LogP contribution >= 0.6 is 11.8 Å². The van der Waals surface area contributed by atoms with E-state index in [-0.39, 0.29) is 25.5 Å². The van der Waals surface area contributed by atoms with E-state index in [1.165, 1.54) is 11.8 Å². The first kappa shape index (κ1) is 25.4. The van der Waals surface area contributed by atoms with Crippen LogP contribution < -0.4 is 10.1 Å². The van der Waals surface area contributed by atoms with E-state index in [1.807, 2.05) is 64.9 Å². The van der Waals surface area contributed by atoms with Gasteiger partial charge in [0, 0.05) is 16.8 Å². The molecule has 5 rings (SSSR count). The Labute approximate surface area is 225 Å². The Morgan fingerprint density at radius 3 is 2.61 bits per heavy atom. The van der Waals surface area contributed by atoms with Gasteiger partial charge in [0.25, 0.3) is 0 Å². The number of aliphatic imine (C=N–C) groups is 1. The van der Waals surface area contributed by atoms with Crippen molar-refractivity contribution in [3.8, 4) is 5.75 Å². The lowest BCUT2D eigenvalue weighted by atomic mass is 9.91. The molecule has 2 aromatic carbocycles. The monoisotopic (exact) mass is 529 g/mol. The molecule has 1 atom stereocenters. The third-order valence-corrected chi connectivity index (χ3v) is 7.06. The average Bonchev–Trinajstić information content (AvgIpc) is 3.62. The molecule has 3 aromatic rings. The third-order valence-electron chi connectivity index (χ3n) is 6.17. The average molecular weight is 530 g/mol. The van der Waals surface area contributed by atoms with Gasteiger partial charge in [0.05, 0.1) is 50.3 Å². The molecule has 1 unspecified atom stereocenters. The number of methoxy groups -OCH3 is 1. The minimum absolute atomic E-state index is 0.0924. The number of rotatable bonds is 9. The summed E-state index contributed by atoms with van der Waals surface area (Å²) < 4.78 is 16.6. The highest BCUT2D eigenvalue weighted by Crippen LogP contribution is 2.48. The van der Waals surface area contributed by atoms with E-state index in [2.05, 4.69) is 5.32 Å². The van der Waals surface area contributed by atoms with E-state index in [0.29, 0.717) is 27.9 Å². The normalized spacial score (nSPS) is 16.5. The number of carbonyl (C=O) groups excluding carboxylic acids is 2. The number of amides is 1. The molecule has 0 saturated heterocycles. The number of nitrogens with zero attached hydrogens (tertiary/aromatic N) is 2. The Balaban J connectivity index is 1.58. The number of thioether (sulfide) groups is 1. The summed E-state index contributed by atoms with van der Waals surface area (Å²) in [5.41, 5.74) is 3.21. The topological polar surface area (TPSA) is 93.4 Å². The highest BCUT2D eigenvalue weighted by atomic mass is 32.2. The molecule has 194 valence electrons. The van der Waals surface area contributed by atoms with Gasteiger partial charge in [-0.2, -0.15) is 0 Å². The zero-order valence-electron chi connectivity index (χ0n) is 21.0. The number of nitrogens with one attached hydrogen (secondary N) is 1. The molecule has 1 N–H and O–H groups in total. The first-order chi connectivity index (χ1) is 18.6. The van der Waals surface area contributed by atoms with E-state index >= 15 is 0 Å². The number of hydrogen-bond donors (Lipinski definition) is 1. The second-order valence-electron chi connectivity index (χ2n) is 8.52. The smallest absolute Gasteiger partial charge is 0.338 e. The zero-order chi connectivity index (χ0) is 26.5. The van der Waals surface area contributed by atoms with Gasteiger partial charge in [-0.15, -0.1) is 0 Å². The third kappa shape index (κ3) is 5.10. The Morgan fingerprint density at radius 2 is 1.87 bits per heavy atom. The molecule has 0 spiro atoms. The van der Waals surface area contributed by atoms with Gasteiger partial charge in [0.15, 0.2) is 5.17 Å². The molecule has 1 aromatic heterocycles. The van der Waals surface area contributed by atoms with E-state index < -0.39 is 12.0 Å². The predicted molar refractivity (Wildman–Crippen MR) is 146 cm³/mol. The van der Waals surface area contributed by atoms with E-state index in [0.717, 1.165) is 16.8 Å². The van der Waals surface area contributed by atoms with Gasteiger partial charge in [-0.1, -0.05) is 60.3 Å². The summed E-state index contributed by atoms with van der Waals surface area (Å²) in [6.45, 7) is 2.28. The number of esters is 1. The van der Waals surface area contributed by atoms with Crippen LogP contribution in [0.15, 0.2) is 99.1 Å². The summed E-state index contributed by atoms with van der Waals surface area (Å²) in [4.78, 5) is 33.4. The number of para-hydroxylation sites is 1. The van der Waals surface area contributed by atoms with Crippen molar-refractivity contribution in [3.05, 3.63) is 107 Å². The maximum absolute atomic E-state index is 13.6. The van der Waals surface area contributed by atoms with Gasteiger partial charge in [-0.05, 0) is 30.5 Å². The highest BCUT2D eigenvalue weighted by Gasteiger charge is 2.43. The van der Waals surface area contributed by atoms with Crippen molar-refractivity contribution in [3.63, 3.8) is 0 Å². The molecule has 0 aliphatic carbocycles. The molecule has 0 radical (unpaired) electrons. The number of amidine groups is 1. The minimum atomic E-state index is -0.618. The van der Waals surface area contributed by atoms with Crippen LogP contribution in [0.2, 0.25) is 0 Å². The van der Waals surface area contributed by atoms with Crippen LogP contribution in [0.4, 0.5) is 0 Å². The number of ether oxygens (including phenoxy) is 2. The zero-order valence-corrected chi connectivity index (χ0v) is 21.9. The van der Waals surface area contributed by atoms with Gasteiger partial charge >= 0.3 is 5.97 Å². The number of furan rings is 1. The SMILES string of the molecule is CCOC(=O)C1=C(c2ccccc2)N=C2SC=C(CC(=O)NCc3ccco3)N2C1c1ccccc1OC. The van der Waals surface area contributed by atoms with Crippen LogP contribution in [-0.4, -0.2) is 35.7 Å². The molecule has 0 saturated carbocycles. The molecule has 9 heteroatoms. The maximum atomic E-state index is 13.6. The van der Waals surface area contributed by atoms with Crippen molar-refractivity contribution in [2.45, 2.75) is 25.9 Å². The first-order valence-corrected chi connectivity index (χ1v) is 13.1. The molecular weight excluding hydrogens is 502 g/mol. The molecular formula is C29H27N3O5S. The van der Waals surface area contributed by atoms with Crippen LogP contribution in [0.1, 0.15) is 36.3 Å². The lowest BCUT2D eigenvalue weighted by molar-refractivity contribution is -0.139. The van der Waals surface area contributed by atoms with Crippen molar-refractivity contribution >= 4 is 34.5 Å². The largest absolute Gasteiger partial charge is 0.496 e. The van der Waals surface area contributed by atoms with Crippen LogP contribution in [-0.2, 0) is 20.9 Å². The van der Waals surface area contributed by atoms with Crippen molar-refractivity contribution in [2.24, 2.45) is 4.99 Å². The number of benzene rings is 2. The molecule has 3 heterocycles. The number of hydrogen-bond acceptors (Lipinski definition) is 8. The molecule has 38 heavy (non-hydrogen) atoms. The quantitative estimate of drug-likeness (QED) is 0.378. The summed E-state index contributed by atoms with van der Waals surface area (Å²) in [6.07, 6.45) is 1.66. The van der Waals surface area contributed by atoms with E-state index in [4.69, 9.17) is 18.9 Å². The first-order valence-electron chi connectivity index (χ1n) is 12.2. The van der Waals surface area contributed by atoms with Crippen molar-refractivity contribution in [2.75, 3.05) is 13.7 Å². The second-order valence-corrected chi connectivity index (χ2v) is 9.35. The fraction of sp³-hybridized carbons (Fsp3) is 0.207. The fourth-order valence-corrected chi connectivity index (χ4v) is 5.42. The maximum Gasteiger partial charge on any atom is 0.338 e.